The Hall–Kier alpha value is -1.40. The molecule has 0 aliphatic rings. The molecule has 4 nitrogen and oxygen atoms in total. The number of carboxylic acid groups (broad SMARTS) is 1. The van der Waals surface area contributed by atoms with Crippen LogP contribution in [0.2, 0.25) is 0 Å². The van der Waals surface area contributed by atoms with E-state index >= 15 is 0 Å². The molecule has 0 aliphatic heterocycles. The smallest absolute Gasteiger partial charge is 0.335 e. The second-order valence-electron chi connectivity index (χ2n) is 2.64. The lowest BCUT2D eigenvalue weighted by molar-refractivity contribution is 0.0696. The summed E-state index contributed by atoms with van der Waals surface area (Å²) in [4.78, 5) is 15.6. The lowest BCUT2D eigenvalue weighted by Gasteiger charge is -1.98. The molecule has 0 amide bonds. The number of nitrogens with zero attached hydrogens (tertiary/aromatic N) is 2. The second kappa shape index (κ2) is 4.41. The van der Waals surface area contributed by atoms with Crippen LogP contribution in [0.1, 0.15) is 10.4 Å². The molecule has 0 spiro atoms. The monoisotopic (exact) mass is 238 g/mol. The highest BCUT2D eigenvalue weighted by Crippen LogP contribution is 2.28. The van der Waals surface area contributed by atoms with Crippen molar-refractivity contribution in [2.75, 3.05) is 0 Å². The minimum Gasteiger partial charge on any atom is -0.478 e. The van der Waals surface area contributed by atoms with Gasteiger partial charge in [0, 0.05) is 4.90 Å². The molecule has 0 radical (unpaired) electrons. The van der Waals surface area contributed by atoms with Gasteiger partial charge >= 0.3 is 5.97 Å². The maximum atomic E-state index is 10.7. The van der Waals surface area contributed by atoms with Crippen LogP contribution in [0.25, 0.3) is 0 Å². The van der Waals surface area contributed by atoms with Gasteiger partial charge in [0.25, 0.3) is 0 Å². The zero-order valence-corrected chi connectivity index (χ0v) is 9.09. The van der Waals surface area contributed by atoms with E-state index in [9.17, 15) is 4.79 Å². The molecule has 0 atom stereocenters. The zero-order chi connectivity index (χ0) is 10.7. The summed E-state index contributed by atoms with van der Waals surface area (Å²) in [5.41, 5.74) is 0.282. The number of rotatable bonds is 3. The second-order valence-corrected chi connectivity index (χ2v) is 4.74. The molecule has 2 rings (SSSR count). The highest BCUT2D eigenvalue weighted by molar-refractivity contribution is 8.01. The summed E-state index contributed by atoms with van der Waals surface area (Å²) < 4.78 is 4.67. The Kier molecular flexibility index (Phi) is 2.98. The Morgan fingerprint density at radius 1 is 1.47 bits per heavy atom. The topological polar surface area (TPSA) is 63.1 Å². The molecule has 0 fully saturated rings. The number of carbonyl (C=O) groups is 1. The van der Waals surface area contributed by atoms with Crippen molar-refractivity contribution in [1.29, 1.82) is 0 Å². The van der Waals surface area contributed by atoms with Gasteiger partial charge in [0.05, 0.1) is 5.56 Å². The molecule has 0 unspecified atom stereocenters. The van der Waals surface area contributed by atoms with Gasteiger partial charge < -0.3 is 5.11 Å². The number of carboxylic acids is 1. The Balaban J connectivity index is 2.22. The summed E-state index contributed by atoms with van der Waals surface area (Å²) in [7, 11) is 0. The molecule has 0 bridgehead atoms. The Morgan fingerprint density at radius 2 is 2.33 bits per heavy atom. The van der Waals surface area contributed by atoms with E-state index in [0.29, 0.717) is 0 Å². The fourth-order valence-corrected chi connectivity index (χ4v) is 2.48. The Labute approximate surface area is 94.2 Å². The molecule has 6 heteroatoms. The Morgan fingerprint density at radius 3 is 3.00 bits per heavy atom. The average Bonchev–Trinajstić information content (AvgIpc) is 2.71. The summed E-state index contributed by atoms with van der Waals surface area (Å²) in [6.07, 6.45) is 1.48. The van der Waals surface area contributed by atoms with Crippen molar-refractivity contribution in [3.05, 3.63) is 36.2 Å². The number of benzene rings is 1. The molecule has 0 saturated heterocycles. The van der Waals surface area contributed by atoms with Crippen LogP contribution in [0.15, 0.2) is 39.8 Å². The first kappa shape index (κ1) is 10.1. The summed E-state index contributed by atoms with van der Waals surface area (Å²) in [5, 5.41) is 8.80. The molecular formula is C9H6N2O2S2. The highest BCUT2D eigenvalue weighted by atomic mass is 32.2. The van der Waals surface area contributed by atoms with Crippen molar-refractivity contribution in [3.63, 3.8) is 0 Å². The van der Waals surface area contributed by atoms with Crippen LogP contribution in [0.5, 0.6) is 0 Å². The van der Waals surface area contributed by atoms with Gasteiger partial charge in [-0.05, 0) is 29.7 Å². The van der Waals surface area contributed by atoms with Gasteiger partial charge in [-0.15, -0.1) is 0 Å². The van der Waals surface area contributed by atoms with Crippen LogP contribution in [0.3, 0.4) is 0 Å². The van der Waals surface area contributed by atoms with E-state index in [1.165, 1.54) is 29.6 Å². The van der Waals surface area contributed by atoms with Crippen molar-refractivity contribution in [3.8, 4) is 0 Å². The van der Waals surface area contributed by atoms with E-state index in [1.54, 1.807) is 18.2 Å². The fourth-order valence-electron chi connectivity index (χ4n) is 1.00. The normalized spacial score (nSPS) is 10.1. The number of aromatic nitrogens is 2. The van der Waals surface area contributed by atoms with E-state index in [2.05, 4.69) is 9.36 Å². The van der Waals surface area contributed by atoms with Crippen LogP contribution in [-0.2, 0) is 0 Å². The predicted molar refractivity (Wildman–Crippen MR) is 57.4 cm³/mol. The maximum Gasteiger partial charge on any atom is 0.335 e. The highest BCUT2D eigenvalue weighted by Gasteiger charge is 2.05. The van der Waals surface area contributed by atoms with Gasteiger partial charge in [-0.25, -0.2) is 9.78 Å². The number of hydrogen-bond acceptors (Lipinski definition) is 5. The van der Waals surface area contributed by atoms with Crippen molar-refractivity contribution < 1.29 is 9.90 Å². The number of hydrogen-bond donors (Lipinski definition) is 1. The summed E-state index contributed by atoms with van der Waals surface area (Å²) in [5.74, 6) is -0.922. The molecule has 1 aromatic heterocycles. The van der Waals surface area contributed by atoms with Crippen LogP contribution in [-0.4, -0.2) is 20.4 Å². The van der Waals surface area contributed by atoms with Crippen LogP contribution >= 0.6 is 23.3 Å². The lowest BCUT2D eigenvalue weighted by atomic mass is 10.2. The fraction of sp³-hybridized carbons (Fsp3) is 0. The first-order chi connectivity index (χ1) is 7.25. The van der Waals surface area contributed by atoms with Gasteiger partial charge in [-0.3, -0.25) is 0 Å². The molecular weight excluding hydrogens is 232 g/mol. The molecule has 0 aliphatic carbocycles. The van der Waals surface area contributed by atoms with E-state index in [1.807, 2.05) is 6.07 Å². The molecule has 1 N–H and O–H groups in total. The average molecular weight is 238 g/mol. The standard InChI is InChI=1S/C9H6N2O2S2/c12-8(13)6-2-1-3-7(4-6)14-9-10-5-11-15-9/h1-5H,(H,12,13). The van der Waals surface area contributed by atoms with Crippen LogP contribution < -0.4 is 0 Å². The van der Waals surface area contributed by atoms with Crippen molar-refractivity contribution >= 4 is 29.3 Å². The third kappa shape index (κ3) is 2.54. The molecule has 1 heterocycles. The van der Waals surface area contributed by atoms with E-state index in [0.717, 1.165) is 9.24 Å². The summed E-state index contributed by atoms with van der Waals surface area (Å²) in [6.45, 7) is 0. The van der Waals surface area contributed by atoms with Crippen molar-refractivity contribution in [2.24, 2.45) is 0 Å². The molecule has 2 aromatic rings. The predicted octanol–water partition coefficient (Wildman–Crippen LogP) is 2.39. The molecule has 0 saturated carbocycles. The third-order valence-electron chi connectivity index (χ3n) is 1.63. The minimum atomic E-state index is -0.922. The van der Waals surface area contributed by atoms with Crippen LogP contribution in [0, 0.1) is 0 Å². The third-order valence-corrected chi connectivity index (χ3v) is 3.33. The first-order valence-electron chi connectivity index (χ1n) is 4.03. The quantitative estimate of drug-likeness (QED) is 0.889. The van der Waals surface area contributed by atoms with E-state index < -0.39 is 5.97 Å². The summed E-state index contributed by atoms with van der Waals surface area (Å²) in [6, 6.07) is 6.74. The van der Waals surface area contributed by atoms with Crippen LogP contribution in [0.4, 0.5) is 0 Å². The van der Waals surface area contributed by atoms with Crippen molar-refractivity contribution in [1.82, 2.24) is 9.36 Å². The van der Waals surface area contributed by atoms with E-state index in [4.69, 9.17) is 5.11 Å². The number of aromatic carboxylic acids is 1. The first-order valence-corrected chi connectivity index (χ1v) is 5.62. The SMILES string of the molecule is O=C(O)c1cccc(Sc2ncns2)c1. The zero-order valence-electron chi connectivity index (χ0n) is 7.45. The minimum absolute atomic E-state index is 0.282. The van der Waals surface area contributed by atoms with Gasteiger partial charge in [-0.1, -0.05) is 17.8 Å². The summed E-state index contributed by atoms with van der Waals surface area (Å²) >= 11 is 2.69. The van der Waals surface area contributed by atoms with Gasteiger partial charge in [0.1, 0.15) is 6.33 Å². The molecule has 1 aromatic carbocycles. The Bertz CT molecular complexity index is 471. The molecule has 76 valence electrons. The van der Waals surface area contributed by atoms with Gasteiger partial charge in [0.15, 0.2) is 4.34 Å². The van der Waals surface area contributed by atoms with E-state index in [-0.39, 0.29) is 5.56 Å². The molecule has 15 heavy (non-hydrogen) atoms. The van der Waals surface area contributed by atoms with Crippen molar-refractivity contribution in [2.45, 2.75) is 9.24 Å². The maximum absolute atomic E-state index is 10.7. The largest absolute Gasteiger partial charge is 0.478 e. The van der Waals surface area contributed by atoms with Gasteiger partial charge in [0.2, 0.25) is 0 Å². The van der Waals surface area contributed by atoms with Gasteiger partial charge in [-0.2, -0.15) is 4.37 Å². The lowest BCUT2D eigenvalue weighted by Crippen LogP contribution is -1.95.